The zero-order chi connectivity index (χ0) is 17.1. The average molecular weight is 341 g/mol. The van der Waals surface area contributed by atoms with E-state index in [1.54, 1.807) is 11.3 Å². The number of aryl methyl sites for hydroxylation is 3. The number of fused-ring (bicyclic) bond motifs is 1. The second-order valence-corrected chi connectivity index (χ2v) is 6.73. The highest BCUT2D eigenvalue weighted by Crippen LogP contribution is 2.33. The van der Waals surface area contributed by atoms with Crippen LogP contribution in [-0.4, -0.2) is 22.5 Å². The average Bonchev–Trinajstić information content (AvgIpc) is 2.89. The van der Waals surface area contributed by atoms with E-state index in [-0.39, 0.29) is 12.5 Å². The molecular formula is C18H19N3O2S. The van der Waals surface area contributed by atoms with Crippen LogP contribution in [0.4, 0.5) is 5.69 Å². The van der Waals surface area contributed by atoms with Gasteiger partial charge >= 0.3 is 0 Å². The van der Waals surface area contributed by atoms with Crippen LogP contribution in [0.25, 0.3) is 10.2 Å². The number of thiophene rings is 1. The number of hydrogen-bond donors (Lipinski definition) is 1. The van der Waals surface area contributed by atoms with Crippen molar-refractivity contribution in [1.82, 2.24) is 9.97 Å². The number of anilines is 1. The summed E-state index contributed by atoms with van der Waals surface area (Å²) in [4.78, 5) is 22.6. The standard InChI is InChI=1S/C18H19N3O2S/c1-4-13-5-7-14(8-6-13)21-15(22)9-23-17-16-11(2)12(3)24-18(16)20-10-19-17/h5-8,10H,4,9H2,1-3H3,(H,21,22). The van der Waals surface area contributed by atoms with E-state index in [0.29, 0.717) is 5.88 Å². The second-order valence-electron chi connectivity index (χ2n) is 5.53. The molecule has 0 bridgehead atoms. The molecule has 0 spiro atoms. The lowest BCUT2D eigenvalue weighted by atomic mass is 10.1. The van der Waals surface area contributed by atoms with Gasteiger partial charge in [0.2, 0.25) is 5.88 Å². The second kappa shape index (κ2) is 6.97. The Balaban J connectivity index is 1.68. The molecule has 6 heteroatoms. The molecule has 1 N–H and O–H groups in total. The molecule has 0 saturated carbocycles. The van der Waals surface area contributed by atoms with Gasteiger partial charge in [0.05, 0.1) is 5.39 Å². The van der Waals surface area contributed by atoms with E-state index in [9.17, 15) is 4.79 Å². The number of carbonyl (C=O) groups excluding carboxylic acids is 1. The summed E-state index contributed by atoms with van der Waals surface area (Å²) in [5.74, 6) is 0.244. The highest BCUT2D eigenvalue weighted by molar-refractivity contribution is 7.18. The van der Waals surface area contributed by atoms with E-state index >= 15 is 0 Å². The Labute approximate surface area is 144 Å². The highest BCUT2D eigenvalue weighted by Gasteiger charge is 2.14. The first-order valence-electron chi connectivity index (χ1n) is 7.80. The minimum Gasteiger partial charge on any atom is -0.467 e. The molecule has 0 atom stereocenters. The molecule has 0 unspecified atom stereocenters. The van der Waals surface area contributed by atoms with Gasteiger partial charge in [-0.15, -0.1) is 11.3 Å². The van der Waals surface area contributed by atoms with Gasteiger partial charge in [-0.1, -0.05) is 19.1 Å². The number of aromatic nitrogens is 2. The van der Waals surface area contributed by atoms with Crippen molar-refractivity contribution in [3.05, 3.63) is 46.6 Å². The van der Waals surface area contributed by atoms with Crippen LogP contribution in [0.2, 0.25) is 0 Å². The van der Waals surface area contributed by atoms with Crippen molar-refractivity contribution in [3.63, 3.8) is 0 Å². The maximum absolute atomic E-state index is 12.1. The SMILES string of the molecule is CCc1ccc(NC(=O)COc2ncnc3sc(C)c(C)c23)cc1. The molecule has 0 aliphatic carbocycles. The number of carbonyl (C=O) groups is 1. The summed E-state index contributed by atoms with van der Waals surface area (Å²) in [6, 6.07) is 7.79. The molecule has 1 amide bonds. The van der Waals surface area contributed by atoms with E-state index in [1.807, 2.05) is 38.1 Å². The number of nitrogens with one attached hydrogen (secondary N) is 1. The van der Waals surface area contributed by atoms with E-state index in [1.165, 1.54) is 16.8 Å². The van der Waals surface area contributed by atoms with E-state index in [2.05, 4.69) is 22.2 Å². The van der Waals surface area contributed by atoms with Crippen LogP contribution >= 0.6 is 11.3 Å². The molecule has 5 nitrogen and oxygen atoms in total. The summed E-state index contributed by atoms with van der Waals surface area (Å²) >= 11 is 1.60. The van der Waals surface area contributed by atoms with Crippen molar-refractivity contribution in [1.29, 1.82) is 0 Å². The van der Waals surface area contributed by atoms with Crippen LogP contribution in [0.5, 0.6) is 5.88 Å². The van der Waals surface area contributed by atoms with Crippen LogP contribution in [0.1, 0.15) is 22.9 Å². The lowest BCUT2D eigenvalue weighted by molar-refractivity contribution is -0.118. The molecule has 0 aliphatic heterocycles. The Morgan fingerprint density at radius 2 is 1.96 bits per heavy atom. The van der Waals surface area contributed by atoms with Gasteiger partial charge in [-0.25, -0.2) is 9.97 Å². The maximum atomic E-state index is 12.1. The molecule has 3 aromatic rings. The van der Waals surface area contributed by atoms with Gasteiger partial charge < -0.3 is 10.1 Å². The van der Waals surface area contributed by atoms with Crippen molar-refractivity contribution in [3.8, 4) is 5.88 Å². The fraction of sp³-hybridized carbons (Fsp3) is 0.278. The molecule has 0 saturated heterocycles. The summed E-state index contributed by atoms with van der Waals surface area (Å²) in [7, 11) is 0. The first kappa shape index (κ1) is 16.4. The zero-order valence-electron chi connectivity index (χ0n) is 13.9. The van der Waals surface area contributed by atoms with E-state index < -0.39 is 0 Å². The molecular weight excluding hydrogens is 322 g/mol. The van der Waals surface area contributed by atoms with E-state index in [4.69, 9.17) is 4.74 Å². The Morgan fingerprint density at radius 3 is 2.67 bits per heavy atom. The quantitative estimate of drug-likeness (QED) is 0.765. The first-order chi connectivity index (χ1) is 11.6. The van der Waals surface area contributed by atoms with Crippen LogP contribution < -0.4 is 10.1 Å². The van der Waals surface area contributed by atoms with Crippen molar-refractivity contribution in [2.45, 2.75) is 27.2 Å². The molecule has 1 aromatic carbocycles. The third-order valence-corrected chi connectivity index (χ3v) is 5.03. The van der Waals surface area contributed by atoms with Crippen LogP contribution in [0.3, 0.4) is 0 Å². The zero-order valence-corrected chi connectivity index (χ0v) is 14.7. The van der Waals surface area contributed by atoms with Gasteiger partial charge in [-0.3, -0.25) is 4.79 Å². The number of rotatable bonds is 5. The summed E-state index contributed by atoms with van der Waals surface area (Å²) in [6.45, 7) is 6.06. The Hall–Kier alpha value is -2.47. The van der Waals surface area contributed by atoms with Crippen molar-refractivity contribution < 1.29 is 9.53 Å². The number of nitrogens with zero attached hydrogens (tertiary/aromatic N) is 2. The topological polar surface area (TPSA) is 64.1 Å². The van der Waals surface area contributed by atoms with Crippen molar-refractivity contribution >= 4 is 33.1 Å². The van der Waals surface area contributed by atoms with Crippen LogP contribution in [0, 0.1) is 13.8 Å². The largest absolute Gasteiger partial charge is 0.467 e. The monoisotopic (exact) mass is 341 g/mol. The minimum absolute atomic E-state index is 0.0873. The fourth-order valence-electron chi connectivity index (χ4n) is 2.41. The molecule has 2 heterocycles. The van der Waals surface area contributed by atoms with Gasteiger partial charge in [-0.2, -0.15) is 0 Å². The smallest absolute Gasteiger partial charge is 0.262 e. The van der Waals surface area contributed by atoms with Crippen molar-refractivity contribution in [2.75, 3.05) is 11.9 Å². The molecule has 3 rings (SSSR count). The number of amides is 1. The summed E-state index contributed by atoms with van der Waals surface area (Å²) < 4.78 is 5.64. The third kappa shape index (κ3) is 3.38. The number of benzene rings is 1. The summed E-state index contributed by atoms with van der Waals surface area (Å²) in [5, 5.41) is 3.72. The molecule has 0 fully saturated rings. The predicted molar refractivity (Wildman–Crippen MR) is 96.8 cm³/mol. The predicted octanol–water partition coefficient (Wildman–Crippen LogP) is 3.89. The van der Waals surface area contributed by atoms with Gasteiger partial charge in [0.15, 0.2) is 6.61 Å². The van der Waals surface area contributed by atoms with Gasteiger partial charge in [0, 0.05) is 10.6 Å². The number of ether oxygens (including phenoxy) is 1. The maximum Gasteiger partial charge on any atom is 0.262 e. The van der Waals surface area contributed by atoms with Crippen LogP contribution in [0.15, 0.2) is 30.6 Å². The molecule has 2 aromatic heterocycles. The fourth-order valence-corrected chi connectivity index (χ4v) is 3.40. The number of hydrogen-bond acceptors (Lipinski definition) is 5. The summed E-state index contributed by atoms with van der Waals surface area (Å²) in [5.41, 5.74) is 3.09. The van der Waals surface area contributed by atoms with E-state index in [0.717, 1.165) is 27.9 Å². The normalized spacial score (nSPS) is 10.8. The molecule has 24 heavy (non-hydrogen) atoms. The Morgan fingerprint density at radius 1 is 1.21 bits per heavy atom. The molecule has 0 radical (unpaired) electrons. The van der Waals surface area contributed by atoms with Gasteiger partial charge in [-0.05, 0) is 43.5 Å². The first-order valence-corrected chi connectivity index (χ1v) is 8.62. The molecule has 0 aliphatic rings. The third-order valence-electron chi connectivity index (χ3n) is 3.92. The highest BCUT2D eigenvalue weighted by atomic mass is 32.1. The lowest BCUT2D eigenvalue weighted by Gasteiger charge is -2.08. The molecule has 124 valence electrons. The Bertz CT molecular complexity index is 872. The van der Waals surface area contributed by atoms with Crippen molar-refractivity contribution in [2.24, 2.45) is 0 Å². The summed E-state index contributed by atoms with van der Waals surface area (Å²) in [6.07, 6.45) is 2.44. The van der Waals surface area contributed by atoms with Gasteiger partial charge in [0.25, 0.3) is 5.91 Å². The van der Waals surface area contributed by atoms with Gasteiger partial charge in [0.1, 0.15) is 11.2 Å². The van der Waals surface area contributed by atoms with Crippen LogP contribution in [-0.2, 0) is 11.2 Å². The lowest BCUT2D eigenvalue weighted by Crippen LogP contribution is -2.20. The minimum atomic E-state index is -0.212. The Kier molecular flexibility index (Phi) is 4.76.